The first-order valence-electron chi connectivity index (χ1n) is 11.5. The van der Waals surface area contributed by atoms with E-state index in [9.17, 15) is 18.0 Å². The molecule has 0 fully saturated rings. The topological polar surface area (TPSA) is 105 Å². The van der Waals surface area contributed by atoms with E-state index < -0.39 is 16.1 Å². The van der Waals surface area contributed by atoms with Crippen molar-refractivity contribution in [1.82, 2.24) is 10.0 Å². The quantitative estimate of drug-likeness (QED) is 0.536. The van der Waals surface area contributed by atoms with Gasteiger partial charge in [-0.2, -0.15) is 4.72 Å². The average molecular weight is 488 g/mol. The van der Waals surface area contributed by atoms with Crippen molar-refractivity contribution in [2.45, 2.75) is 57.5 Å². The molecule has 184 valence electrons. The molecular formula is C25H33N3O5S. The van der Waals surface area contributed by atoms with E-state index in [1.165, 1.54) is 6.07 Å². The van der Waals surface area contributed by atoms with Gasteiger partial charge in [-0.15, -0.1) is 0 Å². The molecule has 9 heteroatoms. The summed E-state index contributed by atoms with van der Waals surface area (Å²) in [5.74, 6) is 0.407. The van der Waals surface area contributed by atoms with E-state index in [4.69, 9.17) is 4.74 Å². The zero-order valence-electron chi connectivity index (χ0n) is 20.1. The highest BCUT2D eigenvalue weighted by atomic mass is 32.2. The van der Waals surface area contributed by atoms with Gasteiger partial charge in [0.15, 0.2) is 0 Å². The summed E-state index contributed by atoms with van der Waals surface area (Å²) in [4.78, 5) is 26.8. The number of methoxy groups -OCH3 is 1. The fraction of sp³-hybridized carbons (Fsp3) is 0.440. The molecule has 1 heterocycles. The molecule has 8 nitrogen and oxygen atoms in total. The van der Waals surface area contributed by atoms with Crippen LogP contribution in [0, 0.1) is 5.92 Å². The van der Waals surface area contributed by atoms with Gasteiger partial charge in [0.2, 0.25) is 21.8 Å². The van der Waals surface area contributed by atoms with Gasteiger partial charge in [0.1, 0.15) is 11.8 Å². The smallest absolute Gasteiger partial charge is 0.241 e. The van der Waals surface area contributed by atoms with Gasteiger partial charge in [-0.05, 0) is 60.2 Å². The summed E-state index contributed by atoms with van der Waals surface area (Å²) in [6.45, 7) is 6.47. The standard InChI is InChI=1S/C25H33N3O5S/c1-5-24(29)28-12-11-19-15-21(9-10-23(19)28)34(31,32)27-22(13-17(2)3)25(30)26-16-18-7-6-8-20(14-18)33-4/h6-10,14-15,17,22,27H,5,11-13,16H2,1-4H3,(H,26,30)/t22-/m1/s1. The number of amides is 2. The van der Waals surface area contributed by atoms with E-state index in [1.54, 1.807) is 31.1 Å². The molecular weight excluding hydrogens is 454 g/mol. The van der Waals surface area contributed by atoms with Crippen LogP contribution in [0.2, 0.25) is 0 Å². The molecule has 0 unspecified atom stereocenters. The molecule has 1 aliphatic heterocycles. The Morgan fingerprint density at radius 3 is 2.59 bits per heavy atom. The summed E-state index contributed by atoms with van der Waals surface area (Å²) in [5.41, 5.74) is 2.41. The Balaban J connectivity index is 1.74. The summed E-state index contributed by atoms with van der Waals surface area (Å²) in [6, 6.07) is 11.2. The van der Waals surface area contributed by atoms with Crippen LogP contribution in [0.15, 0.2) is 47.4 Å². The van der Waals surface area contributed by atoms with Crippen molar-refractivity contribution in [3.05, 3.63) is 53.6 Å². The molecule has 0 radical (unpaired) electrons. The number of fused-ring (bicyclic) bond motifs is 1. The number of rotatable bonds is 10. The number of hydrogen-bond donors (Lipinski definition) is 2. The molecule has 1 atom stereocenters. The van der Waals surface area contributed by atoms with Crippen LogP contribution in [0.25, 0.3) is 0 Å². The summed E-state index contributed by atoms with van der Waals surface area (Å²) in [7, 11) is -2.37. The minimum atomic E-state index is -3.94. The van der Waals surface area contributed by atoms with Crippen molar-refractivity contribution in [2.75, 3.05) is 18.6 Å². The van der Waals surface area contributed by atoms with Gasteiger partial charge in [0.25, 0.3) is 0 Å². The van der Waals surface area contributed by atoms with Gasteiger partial charge in [0.05, 0.1) is 12.0 Å². The molecule has 0 saturated carbocycles. The normalized spacial score (nSPS) is 14.1. The number of carbonyl (C=O) groups excluding carboxylic acids is 2. The molecule has 0 saturated heterocycles. The van der Waals surface area contributed by atoms with E-state index in [-0.39, 0.29) is 29.2 Å². The molecule has 3 rings (SSSR count). The molecule has 2 aromatic rings. The Morgan fingerprint density at radius 1 is 1.15 bits per heavy atom. The minimum Gasteiger partial charge on any atom is -0.497 e. The predicted octanol–water partition coefficient (Wildman–Crippen LogP) is 3.00. The van der Waals surface area contributed by atoms with E-state index >= 15 is 0 Å². The van der Waals surface area contributed by atoms with E-state index in [0.717, 1.165) is 16.8 Å². The molecule has 2 amide bonds. The highest BCUT2D eigenvalue weighted by Crippen LogP contribution is 2.30. The Labute approximate surface area is 201 Å². The third-order valence-corrected chi connectivity index (χ3v) is 7.25. The predicted molar refractivity (Wildman–Crippen MR) is 131 cm³/mol. The van der Waals surface area contributed by atoms with Crippen molar-refractivity contribution in [2.24, 2.45) is 5.92 Å². The van der Waals surface area contributed by atoms with Crippen LogP contribution in [0.5, 0.6) is 5.75 Å². The van der Waals surface area contributed by atoms with Crippen molar-refractivity contribution in [3.63, 3.8) is 0 Å². The van der Waals surface area contributed by atoms with Crippen LogP contribution in [-0.2, 0) is 32.6 Å². The first kappa shape index (κ1) is 25.7. The van der Waals surface area contributed by atoms with Crippen LogP contribution < -0.4 is 19.7 Å². The summed E-state index contributed by atoms with van der Waals surface area (Å²) in [6.07, 6.45) is 1.34. The van der Waals surface area contributed by atoms with Gasteiger partial charge in [-0.1, -0.05) is 32.9 Å². The zero-order chi connectivity index (χ0) is 24.9. The highest BCUT2D eigenvalue weighted by molar-refractivity contribution is 7.89. The molecule has 2 aromatic carbocycles. The number of nitrogens with one attached hydrogen (secondary N) is 2. The molecule has 0 aliphatic carbocycles. The molecule has 0 bridgehead atoms. The molecule has 34 heavy (non-hydrogen) atoms. The molecule has 0 aromatic heterocycles. The Hall–Kier alpha value is -2.91. The second kappa shape index (κ2) is 11.0. The number of nitrogens with zero attached hydrogens (tertiary/aromatic N) is 1. The number of ether oxygens (including phenoxy) is 1. The number of benzene rings is 2. The first-order chi connectivity index (χ1) is 16.1. The first-order valence-corrected chi connectivity index (χ1v) is 13.0. The number of hydrogen-bond acceptors (Lipinski definition) is 5. The SMILES string of the molecule is CCC(=O)N1CCc2cc(S(=O)(=O)N[C@H](CC(C)C)C(=O)NCc3cccc(OC)c3)ccc21. The van der Waals surface area contributed by atoms with Crippen molar-refractivity contribution >= 4 is 27.5 Å². The maximum absolute atomic E-state index is 13.2. The average Bonchev–Trinajstić information content (AvgIpc) is 3.24. The van der Waals surface area contributed by atoms with Gasteiger partial charge in [-0.25, -0.2) is 8.42 Å². The fourth-order valence-electron chi connectivity index (χ4n) is 4.03. The molecule has 2 N–H and O–H groups in total. The van der Waals surface area contributed by atoms with E-state index in [2.05, 4.69) is 10.0 Å². The van der Waals surface area contributed by atoms with Crippen LogP contribution >= 0.6 is 0 Å². The summed E-state index contributed by atoms with van der Waals surface area (Å²) < 4.78 is 34.1. The summed E-state index contributed by atoms with van der Waals surface area (Å²) in [5, 5.41) is 2.83. The van der Waals surface area contributed by atoms with E-state index in [1.807, 2.05) is 38.1 Å². The van der Waals surface area contributed by atoms with Gasteiger partial charge >= 0.3 is 0 Å². The summed E-state index contributed by atoms with van der Waals surface area (Å²) >= 11 is 0. The lowest BCUT2D eigenvalue weighted by Crippen LogP contribution is -2.47. The maximum Gasteiger partial charge on any atom is 0.241 e. The van der Waals surface area contributed by atoms with Crippen molar-refractivity contribution in [1.29, 1.82) is 0 Å². The Kier molecular flexibility index (Phi) is 8.33. The van der Waals surface area contributed by atoms with Crippen molar-refractivity contribution in [3.8, 4) is 5.75 Å². The Bertz CT molecular complexity index is 1150. The number of carbonyl (C=O) groups is 2. The van der Waals surface area contributed by atoms with Gasteiger partial charge in [0, 0.05) is 25.2 Å². The van der Waals surface area contributed by atoms with Crippen LogP contribution in [-0.4, -0.2) is 39.9 Å². The lowest BCUT2D eigenvalue weighted by molar-refractivity contribution is -0.123. The monoisotopic (exact) mass is 487 g/mol. The van der Waals surface area contributed by atoms with Crippen molar-refractivity contribution < 1.29 is 22.7 Å². The maximum atomic E-state index is 13.2. The lowest BCUT2D eigenvalue weighted by Gasteiger charge is -2.21. The minimum absolute atomic E-state index is 0.0113. The molecule has 0 spiro atoms. The highest BCUT2D eigenvalue weighted by Gasteiger charge is 2.29. The van der Waals surface area contributed by atoms with Crippen LogP contribution in [0.3, 0.4) is 0 Å². The molecule has 1 aliphatic rings. The van der Waals surface area contributed by atoms with Gasteiger partial charge in [-0.3, -0.25) is 9.59 Å². The largest absolute Gasteiger partial charge is 0.497 e. The second-order valence-corrected chi connectivity index (χ2v) is 10.5. The van der Waals surface area contributed by atoms with Gasteiger partial charge < -0.3 is 15.0 Å². The van der Waals surface area contributed by atoms with Crippen LogP contribution in [0.4, 0.5) is 5.69 Å². The lowest BCUT2D eigenvalue weighted by atomic mass is 10.0. The second-order valence-electron chi connectivity index (χ2n) is 8.81. The van der Waals surface area contributed by atoms with Crippen LogP contribution in [0.1, 0.15) is 44.7 Å². The third kappa shape index (κ3) is 6.15. The zero-order valence-corrected chi connectivity index (χ0v) is 20.9. The van der Waals surface area contributed by atoms with E-state index in [0.29, 0.717) is 31.6 Å². The Morgan fingerprint density at radius 2 is 1.91 bits per heavy atom. The number of sulfonamides is 1. The fourth-order valence-corrected chi connectivity index (χ4v) is 5.28. The number of anilines is 1. The third-order valence-electron chi connectivity index (χ3n) is 5.78.